The minimum Gasteiger partial charge on any atom is -0.467 e. The number of ether oxygens (including phenoxy) is 1. The highest BCUT2D eigenvalue weighted by atomic mass is 16.5. The van der Waals surface area contributed by atoms with Crippen molar-refractivity contribution >= 4 is 11.9 Å². The molecule has 0 spiro atoms. The minimum atomic E-state index is -0.875. The van der Waals surface area contributed by atoms with Crippen LogP contribution in [0, 0.1) is 23.7 Å². The maximum atomic E-state index is 12.1. The lowest BCUT2D eigenvalue weighted by molar-refractivity contribution is -0.142. The second-order valence-electron chi connectivity index (χ2n) is 5.23. The van der Waals surface area contributed by atoms with Crippen LogP contribution < -0.4 is 11.1 Å². The maximum absolute atomic E-state index is 12.1. The molecule has 0 saturated heterocycles. The Morgan fingerprint density at radius 1 is 1.00 bits per heavy atom. The SMILES string of the molecule is COC(=O)C(CN)NC(=O)c1ccc(C#CC#Cc2ccccc2)cc1. The van der Waals surface area contributed by atoms with Crippen LogP contribution in [0.2, 0.25) is 0 Å². The third kappa shape index (κ3) is 5.52. The largest absolute Gasteiger partial charge is 0.467 e. The van der Waals surface area contributed by atoms with Crippen LogP contribution in [-0.4, -0.2) is 31.6 Å². The van der Waals surface area contributed by atoms with Crippen molar-refractivity contribution in [1.29, 1.82) is 0 Å². The Labute approximate surface area is 152 Å². The average Bonchev–Trinajstić information content (AvgIpc) is 2.70. The van der Waals surface area contributed by atoms with Crippen molar-refractivity contribution < 1.29 is 14.3 Å². The summed E-state index contributed by atoms with van der Waals surface area (Å²) in [6, 6.07) is 15.4. The molecule has 1 amide bonds. The Bertz CT molecular complexity index is 882. The predicted octanol–water partition coefficient (Wildman–Crippen LogP) is 1.32. The summed E-state index contributed by atoms with van der Waals surface area (Å²) in [4.78, 5) is 23.6. The van der Waals surface area contributed by atoms with E-state index in [-0.39, 0.29) is 6.54 Å². The molecule has 130 valence electrons. The molecule has 0 saturated carbocycles. The molecule has 0 heterocycles. The molecular weight excluding hydrogens is 328 g/mol. The van der Waals surface area contributed by atoms with Crippen LogP contribution in [0.25, 0.3) is 0 Å². The summed E-state index contributed by atoms with van der Waals surface area (Å²) >= 11 is 0. The number of esters is 1. The van der Waals surface area contributed by atoms with E-state index >= 15 is 0 Å². The number of carbonyl (C=O) groups is 2. The summed E-state index contributed by atoms with van der Waals surface area (Å²) in [5, 5.41) is 2.53. The van der Waals surface area contributed by atoms with Crippen LogP contribution in [0.15, 0.2) is 54.6 Å². The monoisotopic (exact) mass is 346 g/mol. The first-order chi connectivity index (χ1) is 12.6. The van der Waals surface area contributed by atoms with Crippen LogP contribution in [0.1, 0.15) is 21.5 Å². The molecule has 0 aliphatic rings. The molecule has 1 unspecified atom stereocenters. The Morgan fingerprint density at radius 3 is 2.12 bits per heavy atom. The van der Waals surface area contributed by atoms with Crippen LogP contribution in [0.5, 0.6) is 0 Å². The number of nitrogens with one attached hydrogen (secondary N) is 1. The van der Waals surface area contributed by atoms with Crippen molar-refractivity contribution in [2.24, 2.45) is 5.73 Å². The molecule has 0 aliphatic heterocycles. The number of hydrogen-bond donors (Lipinski definition) is 2. The van der Waals surface area contributed by atoms with Gasteiger partial charge in [-0.05, 0) is 48.2 Å². The number of amides is 1. The van der Waals surface area contributed by atoms with Gasteiger partial charge in [-0.2, -0.15) is 0 Å². The van der Waals surface area contributed by atoms with Crippen LogP contribution in [0.3, 0.4) is 0 Å². The molecule has 0 fully saturated rings. The van der Waals surface area contributed by atoms with E-state index in [0.29, 0.717) is 5.56 Å². The van der Waals surface area contributed by atoms with Gasteiger partial charge in [0.25, 0.3) is 5.91 Å². The highest BCUT2D eigenvalue weighted by Gasteiger charge is 2.20. The smallest absolute Gasteiger partial charge is 0.329 e. The topological polar surface area (TPSA) is 81.4 Å². The first-order valence-electron chi connectivity index (χ1n) is 7.90. The van der Waals surface area contributed by atoms with E-state index in [4.69, 9.17) is 5.73 Å². The Balaban J connectivity index is 2.00. The van der Waals surface area contributed by atoms with Crippen molar-refractivity contribution in [2.75, 3.05) is 13.7 Å². The number of methoxy groups -OCH3 is 1. The first-order valence-corrected chi connectivity index (χ1v) is 7.90. The molecule has 26 heavy (non-hydrogen) atoms. The van der Waals surface area contributed by atoms with E-state index in [2.05, 4.69) is 33.7 Å². The molecule has 0 aliphatic carbocycles. The van der Waals surface area contributed by atoms with Gasteiger partial charge in [0.1, 0.15) is 6.04 Å². The summed E-state index contributed by atoms with van der Waals surface area (Å²) in [5.74, 6) is 10.4. The van der Waals surface area contributed by atoms with Crippen molar-refractivity contribution in [3.8, 4) is 23.7 Å². The number of rotatable bonds is 4. The van der Waals surface area contributed by atoms with Crippen molar-refractivity contribution in [3.63, 3.8) is 0 Å². The van der Waals surface area contributed by atoms with Crippen molar-refractivity contribution in [2.45, 2.75) is 6.04 Å². The number of carbonyl (C=O) groups excluding carboxylic acids is 2. The quantitative estimate of drug-likeness (QED) is 0.646. The van der Waals surface area contributed by atoms with Gasteiger partial charge in [-0.25, -0.2) is 4.79 Å². The predicted molar refractivity (Wildman–Crippen MR) is 99.0 cm³/mol. The highest BCUT2D eigenvalue weighted by molar-refractivity contribution is 5.96. The molecule has 3 N–H and O–H groups in total. The molecule has 2 aromatic rings. The van der Waals surface area contributed by atoms with Gasteiger partial charge in [-0.1, -0.05) is 30.0 Å². The minimum absolute atomic E-state index is 0.0396. The molecule has 1 atom stereocenters. The zero-order chi connectivity index (χ0) is 18.8. The Hall–Kier alpha value is -3.54. The summed E-state index contributed by atoms with van der Waals surface area (Å²) in [6.45, 7) is -0.0396. The fourth-order valence-electron chi connectivity index (χ4n) is 2.03. The Kier molecular flexibility index (Phi) is 7.00. The zero-order valence-electron chi connectivity index (χ0n) is 14.3. The fourth-order valence-corrected chi connectivity index (χ4v) is 2.03. The lowest BCUT2D eigenvalue weighted by Crippen LogP contribution is -2.46. The van der Waals surface area contributed by atoms with E-state index in [0.717, 1.165) is 11.1 Å². The summed E-state index contributed by atoms with van der Waals surface area (Å²) in [6.07, 6.45) is 0. The molecular formula is C21H18N2O3. The van der Waals surface area contributed by atoms with Gasteiger partial charge in [0.2, 0.25) is 0 Å². The van der Waals surface area contributed by atoms with Crippen LogP contribution in [0.4, 0.5) is 0 Å². The molecule has 0 aromatic heterocycles. The van der Waals surface area contributed by atoms with Gasteiger partial charge >= 0.3 is 5.97 Å². The van der Waals surface area contributed by atoms with Gasteiger partial charge in [0.15, 0.2) is 0 Å². The van der Waals surface area contributed by atoms with Gasteiger partial charge < -0.3 is 15.8 Å². The first kappa shape index (κ1) is 18.8. The molecule has 2 rings (SSSR count). The molecule has 5 heteroatoms. The van der Waals surface area contributed by atoms with Gasteiger partial charge in [-0.3, -0.25) is 4.79 Å². The van der Waals surface area contributed by atoms with E-state index in [1.807, 2.05) is 30.3 Å². The standard InChI is InChI=1S/C21H18N2O3/c1-26-21(25)19(15-22)23-20(24)18-13-11-17(12-14-18)10-6-5-9-16-7-3-2-4-8-16/h2-4,7-8,11-14,19H,15,22H2,1H3,(H,23,24). The second kappa shape index (κ2) is 9.68. The van der Waals surface area contributed by atoms with Crippen LogP contribution >= 0.6 is 0 Å². The van der Waals surface area contributed by atoms with Gasteiger partial charge in [0.05, 0.1) is 7.11 Å². The van der Waals surface area contributed by atoms with Crippen molar-refractivity contribution in [3.05, 3.63) is 71.3 Å². The van der Waals surface area contributed by atoms with E-state index in [9.17, 15) is 9.59 Å². The normalized spacial score (nSPS) is 10.4. The second-order valence-corrected chi connectivity index (χ2v) is 5.23. The molecule has 5 nitrogen and oxygen atoms in total. The third-order valence-electron chi connectivity index (χ3n) is 3.42. The number of benzene rings is 2. The van der Waals surface area contributed by atoms with E-state index in [1.54, 1.807) is 24.3 Å². The summed E-state index contributed by atoms with van der Waals surface area (Å²) in [5.41, 5.74) is 7.49. The highest BCUT2D eigenvalue weighted by Crippen LogP contribution is 2.04. The number of nitrogens with two attached hydrogens (primary N) is 1. The third-order valence-corrected chi connectivity index (χ3v) is 3.42. The Morgan fingerprint density at radius 2 is 1.58 bits per heavy atom. The van der Waals surface area contributed by atoms with Gasteiger partial charge in [-0.15, -0.1) is 0 Å². The van der Waals surface area contributed by atoms with E-state index < -0.39 is 17.9 Å². The number of hydrogen-bond acceptors (Lipinski definition) is 4. The molecule has 0 radical (unpaired) electrons. The summed E-state index contributed by atoms with van der Waals surface area (Å²) in [7, 11) is 1.24. The maximum Gasteiger partial charge on any atom is 0.329 e. The fraction of sp³-hybridized carbons (Fsp3) is 0.143. The lowest BCUT2D eigenvalue weighted by Gasteiger charge is -2.14. The van der Waals surface area contributed by atoms with Crippen molar-refractivity contribution in [1.82, 2.24) is 5.32 Å². The van der Waals surface area contributed by atoms with E-state index in [1.165, 1.54) is 7.11 Å². The van der Waals surface area contributed by atoms with Gasteiger partial charge in [0, 0.05) is 23.2 Å². The summed E-state index contributed by atoms with van der Waals surface area (Å²) < 4.78 is 4.58. The zero-order valence-corrected chi connectivity index (χ0v) is 14.3. The molecule has 0 bridgehead atoms. The van der Waals surface area contributed by atoms with Crippen LogP contribution in [-0.2, 0) is 9.53 Å². The lowest BCUT2D eigenvalue weighted by atomic mass is 10.1. The average molecular weight is 346 g/mol. The molecule has 2 aromatic carbocycles.